The van der Waals surface area contributed by atoms with E-state index < -0.39 is 0 Å². The molecule has 6 rings (SSSR count). The number of thioether (sulfide) groups is 1. The molecule has 4 nitrogen and oxygen atoms in total. The summed E-state index contributed by atoms with van der Waals surface area (Å²) in [6.07, 6.45) is 1.92. The number of amidine groups is 1. The van der Waals surface area contributed by atoms with Gasteiger partial charge in [0.05, 0.1) is 21.6 Å². The Labute approximate surface area is 252 Å². The Bertz CT molecular complexity index is 1780. The van der Waals surface area contributed by atoms with Gasteiger partial charge < -0.3 is 4.74 Å². The Morgan fingerprint density at radius 1 is 0.878 bits per heavy atom. The molecule has 0 aromatic heterocycles. The van der Waals surface area contributed by atoms with E-state index in [0.29, 0.717) is 23.2 Å². The molecule has 5 aromatic rings. The summed E-state index contributed by atoms with van der Waals surface area (Å²) in [6.45, 7) is 2.97. The van der Waals surface area contributed by atoms with Crippen molar-refractivity contribution in [2.45, 2.75) is 20.1 Å². The lowest BCUT2D eigenvalue weighted by atomic mass is 10.1. The minimum absolute atomic E-state index is 0.0582. The van der Waals surface area contributed by atoms with Gasteiger partial charge in [-0.1, -0.05) is 96.6 Å². The third-order valence-corrected chi connectivity index (χ3v) is 8.47. The number of rotatable bonds is 7. The van der Waals surface area contributed by atoms with Crippen LogP contribution in [0.2, 0.25) is 0 Å². The Morgan fingerprint density at radius 2 is 1.63 bits per heavy atom. The molecule has 1 saturated heterocycles. The standard InChI is InChI=1S/C35H27BrN2O2S/c1-24-14-17-29(18-15-24)37-35-38(22-25-8-3-2-4-9-25)34(39)33(41-35)21-26-16-19-32(31(36)20-26)40-23-28-12-7-11-27-10-5-6-13-30(27)28/h2-21H,22-23H2,1H3/b33-21+,37-35?. The van der Waals surface area contributed by atoms with Crippen molar-refractivity contribution < 1.29 is 9.53 Å². The first kappa shape index (κ1) is 27.1. The SMILES string of the molecule is Cc1ccc(N=C2S/C(=C/c3ccc(OCc4cccc5ccccc45)c(Br)c3)C(=O)N2Cc2ccccc2)cc1. The molecule has 0 aliphatic carbocycles. The van der Waals surface area contributed by atoms with Gasteiger partial charge in [0.1, 0.15) is 12.4 Å². The summed E-state index contributed by atoms with van der Waals surface area (Å²) >= 11 is 5.07. The highest BCUT2D eigenvalue weighted by Crippen LogP contribution is 2.36. The Kier molecular flexibility index (Phi) is 8.03. The number of hydrogen-bond donors (Lipinski definition) is 0. The number of ether oxygens (including phenoxy) is 1. The van der Waals surface area contributed by atoms with Crippen molar-refractivity contribution in [2.24, 2.45) is 4.99 Å². The van der Waals surface area contributed by atoms with Crippen molar-refractivity contribution in [1.29, 1.82) is 0 Å². The molecular formula is C35H27BrN2O2S. The van der Waals surface area contributed by atoms with E-state index in [4.69, 9.17) is 9.73 Å². The number of benzene rings is 5. The number of carbonyl (C=O) groups excluding carboxylic acids is 1. The number of aryl methyl sites for hydroxylation is 1. The van der Waals surface area contributed by atoms with Crippen LogP contribution in [0.25, 0.3) is 16.8 Å². The van der Waals surface area contributed by atoms with E-state index in [9.17, 15) is 4.79 Å². The minimum Gasteiger partial charge on any atom is -0.488 e. The van der Waals surface area contributed by atoms with Gasteiger partial charge in [0, 0.05) is 0 Å². The van der Waals surface area contributed by atoms with Crippen molar-refractivity contribution in [1.82, 2.24) is 4.90 Å². The van der Waals surface area contributed by atoms with Gasteiger partial charge in [0.2, 0.25) is 0 Å². The minimum atomic E-state index is -0.0582. The summed E-state index contributed by atoms with van der Waals surface area (Å²) in [5.41, 5.74) is 5.07. The van der Waals surface area contributed by atoms with Gasteiger partial charge in [-0.3, -0.25) is 9.69 Å². The highest BCUT2D eigenvalue weighted by molar-refractivity contribution is 9.10. The normalized spacial score (nSPS) is 15.3. The zero-order valence-electron chi connectivity index (χ0n) is 22.5. The molecule has 0 spiro atoms. The molecule has 41 heavy (non-hydrogen) atoms. The second-order valence-corrected chi connectivity index (χ2v) is 11.7. The van der Waals surface area contributed by atoms with Crippen molar-refractivity contribution in [3.8, 4) is 5.75 Å². The molecule has 0 unspecified atom stereocenters. The van der Waals surface area contributed by atoms with Crippen molar-refractivity contribution in [2.75, 3.05) is 0 Å². The topological polar surface area (TPSA) is 41.9 Å². The van der Waals surface area contributed by atoms with E-state index >= 15 is 0 Å². The molecule has 0 radical (unpaired) electrons. The van der Waals surface area contributed by atoms with Crippen LogP contribution in [0.15, 0.2) is 130 Å². The second-order valence-electron chi connectivity index (χ2n) is 9.83. The molecule has 1 amide bonds. The molecule has 202 valence electrons. The fourth-order valence-electron chi connectivity index (χ4n) is 4.68. The maximum absolute atomic E-state index is 13.6. The van der Waals surface area contributed by atoms with Crippen molar-refractivity contribution in [3.63, 3.8) is 0 Å². The van der Waals surface area contributed by atoms with Gasteiger partial charge in [-0.25, -0.2) is 4.99 Å². The monoisotopic (exact) mass is 618 g/mol. The van der Waals surface area contributed by atoms with Gasteiger partial charge in [-0.15, -0.1) is 0 Å². The van der Waals surface area contributed by atoms with E-state index in [-0.39, 0.29) is 5.91 Å². The third kappa shape index (κ3) is 6.29. The van der Waals surface area contributed by atoms with Gasteiger partial charge in [0.25, 0.3) is 5.91 Å². The quantitative estimate of drug-likeness (QED) is 0.171. The molecule has 6 heteroatoms. The third-order valence-electron chi connectivity index (χ3n) is 6.85. The summed E-state index contributed by atoms with van der Waals surface area (Å²) in [5, 5.41) is 3.05. The Hall–Kier alpha value is -4.13. The predicted octanol–water partition coefficient (Wildman–Crippen LogP) is 9.29. The van der Waals surface area contributed by atoms with Crippen molar-refractivity contribution in [3.05, 3.63) is 147 Å². The zero-order valence-corrected chi connectivity index (χ0v) is 24.9. The largest absolute Gasteiger partial charge is 0.488 e. The average Bonchev–Trinajstić information content (AvgIpc) is 3.27. The van der Waals surface area contributed by atoms with E-state index in [1.807, 2.05) is 97.9 Å². The fraction of sp³-hybridized carbons (Fsp3) is 0.0857. The zero-order chi connectivity index (χ0) is 28.2. The smallest absolute Gasteiger partial charge is 0.267 e. The Morgan fingerprint density at radius 3 is 2.44 bits per heavy atom. The van der Waals surface area contributed by atoms with Crippen LogP contribution < -0.4 is 4.74 Å². The van der Waals surface area contributed by atoms with Gasteiger partial charge in [0.15, 0.2) is 5.17 Å². The molecule has 0 N–H and O–H groups in total. The molecule has 1 heterocycles. The van der Waals surface area contributed by atoms with E-state index in [1.54, 1.807) is 4.90 Å². The number of amides is 1. The lowest BCUT2D eigenvalue weighted by Crippen LogP contribution is -2.28. The van der Waals surface area contributed by atoms with Crippen molar-refractivity contribution >= 4 is 61.3 Å². The summed E-state index contributed by atoms with van der Waals surface area (Å²) in [6, 6.07) is 38.5. The number of carbonyl (C=O) groups is 1. The van der Waals surface area contributed by atoms with Crippen LogP contribution >= 0.6 is 27.7 Å². The number of hydrogen-bond acceptors (Lipinski definition) is 4. The summed E-state index contributed by atoms with van der Waals surface area (Å²) in [4.78, 5) is 20.8. The molecule has 0 bridgehead atoms. The molecule has 0 atom stereocenters. The number of nitrogens with zero attached hydrogens (tertiary/aromatic N) is 2. The van der Waals surface area contributed by atoms with Crippen LogP contribution in [0.3, 0.4) is 0 Å². The van der Waals surface area contributed by atoms with E-state index in [0.717, 1.165) is 32.6 Å². The molecule has 1 aliphatic heterocycles. The van der Waals surface area contributed by atoms with Gasteiger partial charge in [-0.05, 0) is 92.4 Å². The molecule has 0 saturated carbocycles. The first-order chi connectivity index (χ1) is 20.0. The molecule has 1 fully saturated rings. The summed E-state index contributed by atoms with van der Waals surface area (Å²) < 4.78 is 7.02. The fourth-order valence-corrected chi connectivity index (χ4v) is 6.18. The van der Waals surface area contributed by atoms with Crippen LogP contribution in [-0.2, 0) is 17.9 Å². The van der Waals surface area contributed by atoms with Crippen LogP contribution in [0.1, 0.15) is 22.3 Å². The van der Waals surface area contributed by atoms with Gasteiger partial charge >= 0.3 is 0 Å². The van der Waals surface area contributed by atoms with Crippen LogP contribution in [0.5, 0.6) is 5.75 Å². The lowest BCUT2D eigenvalue weighted by Gasteiger charge is -2.15. The Balaban J connectivity index is 1.24. The maximum atomic E-state index is 13.6. The average molecular weight is 620 g/mol. The first-order valence-corrected chi connectivity index (χ1v) is 14.9. The summed E-state index contributed by atoms with van der Waals surface area (Å²) in [5.74, 6) is 0.690. The second kappa shape index (κ2) is 12.2. The first-order valence-electron chi connectivity index (χ1n) is 13.3. The number of fused-ring (bicyclic) bond motifs is 1. The van der Waals surface area contributed by atoms with E-state index in [1.165, 1.54) is 28.1 Å². The number of halogens is 1. The van der Waals surface area contributed by atoms with Gasteiger partial charge in [-0.2, -0.15) is 0 Å². The van der Waals surface area contributed by atoms with Crippen LogP contribution in [-0.4, -0.2) is 16.0 Å². The summed E-state index contributed by atoms with van der Waals surface area (Å²) in [7, 11) is 0. The molecular weight excluding hydrogens is 592 g/mol. The van der Waals surface area contributed by atoms with E-state index in [2.05, 4.69) is 46.3 Å². The number of aliphatic imine (C=N–C) groups is 1. The highest BCUT2D eigenvalue weighted by Gasteiger charge is 2.33. The van der Waals surface area contributed by atoms with Crippen LogP contribution in [0.4, 0.5) is 5.69 Å². The molecule has 5 aromatic carbocycles. The highest BCUT2D eigenvalue weighted by atomic mass is 79.9. The van der Waals surface area contributed by atoms with Crippen LogP contribution in [0, 0.1) is 6.92 Å². The predicted molar refractivity (Wildman–Crippen MR) is 173 cm³/mol. The molecule has 1 aliphatic rings. The maximum Gasteiger partial charge on any atom is 0.267 e. The lowest BCUT2D eigenvalue weighted by molar-refractivity contribution is -0.122.